The van der Waals surface area contributed by atoms with Gasteiger partial charge in [-0.3, -0.25) is 0 Å². The van der Waals surface area contributed by atoms with Crippen LogP contribution in [0.5, 0.6) is 5.75 Å². The number of rotatable bonds is 2. The standard InChI is InChI=1S/C17H24ClN3O2/c1-10-7-17(8-14(21-10)13(19)9-20-2)15-11(5-6-23-17)3-4-12(18)16(15)22/h3-4,9-10,14,20-22H,5-8,19H2,1-2H3/b13-9-/t10-,14-,17-/m0/s1. The van der Waals surface area contributed by atoms with E-state index in [0.717, 1.165) is 29.7 Å². The van der Waals surface area contributed by atoms with E-state index in [1.54, 1.807) is 12.3 Å². The van der Waals surface area contributed by atoms with Crippen molar-refractivity contribution in [1.29, 1.82) is 0 Å². The van der Waals surface area contributed by atoms with Gasteiger partial charge in [0.1, 0.15) is 11.4 Å². The average molecular weight is 338 g/mol. The van der Waals surface area contributed by atoms with Crippen molar-refractivity contribution in [2.75, 3.05) is 13.7 Å². The smallest absolute Gasteiger partial charge is 0.140 e. The number of hydrogen-bond donors (Lipinski definition) is 4. The third kappa shape index (κ3) is 2.89. The predicted molar refractivity (Wildman–Crippen MR) is 91.4 cm³/mol. The second-order valence-electron chi connectivity index (χ2n) is 6.48. The number of nitrogens with one attached hydrogen (secondary N) is 2. The largest absolute Gasteiger partial charge is 0.506 e. The fourth-order valence-corrected chi connectivity index (χ4v) is 4.08. The van der Waals surface area contributed by atoms with Gasteiger partial charge in [-0.05, 0) is 31.4 Å². The summed E-state index contributed by atoms with van der Waals surface area (Å²) in [5.41, 5.74) is 8.32. The first kappa shape index (κ1) is 16.4. The molecule has 0 radical (unpaired) electrons. The fourth-order valence-electron chi connectivity index (χ4n) is 3.93. The molecular weight excluding hydrogens is 314 g/mol. The van der Waals surface area contributed by atoms with Crippen molar-refractivity contribution >= 4 is 11.6 Å². The van der Waals surface area contributed by atoms with Gasteiger partial charge in [-0.2, -0.15) is 0 Å². The van der Waals surface area contributed by atoms with Crippen LogP contribution in [0.3, 0.4) is 0 Å². The molecule has 0 bridgehead atoms. The first-order valence-electron chi connectivity index (χ1n) is 8.00. The van der Waals surface area contributed by atoms with Crippen LogP contribution in [0.15, 0.2) is 24.0 Å². The molecule has 0 unspecified atom stereocenters. The zero-order valence-corrected chi connectivity index (χ0v) is 14.3. The second kappa shape index (κ2) is 6.23. The molecule has 0 saturated carbocycles. The van der Waals surface area contributed by atoms with E-state index in [1.165, 1.54) is 0 Å². The van der Waals surface area contributed by atoms with Gasteiger partial charge >= 0.3 is 0 Å². The maximum absolute atomic E-state index is 10.6. The molecule has 0 aliphatic carbocycles. The lowest BCUT2D eigenvalue weighted by Gasteiger charge is -2.47. The molecule has 0 amide bonds. The van der Waals surface area contributed by atoms with Crippen molar-refractivity contribution in [1.82, 2.24) is 10.6 Å². The third-order valence-corrected chi connectivity index (χ3v) is 5.09. The van der Waals surface area contributed by atoms with Crippen LogP contribution in [-0.4, -0.2) is 30.8 Å². The number of halogens is 1. The highest BCUT2D eigenvalue weighted by molar-refractivity contribution is 6.32. The van der Waals surface area contributed by atoms with Gasteiger partial charge in [0.15, 0.2) is 0 Å². The normalized spacial score (nSPS) is 31.0. The van der Waals surface area contributed by atoms with Gasteiger partial charge in [0.05, 0.1) is 17.7 Å². The number of piperidine rings is 1. The molecule has 1 aromatic carbocycles. The molecule has 2 aliphatic heterocycles. The van der Waals surface area contributed by atoms with Crippen LogP contribution in [0.1, 0.15) is 30.9 Å². The molecule has 1 fully saturated rings. The van der Waals surface area contributed by atoms with Gasteiger partial charge in [-0.15, -0.1) is 0 Å². The molecule has 126 valence electrons. The highest BCUT2D eigenvalue weighted by Gasteiger charge is 2.46. The lowest BCUT2D eigenvalue weighted by atomic mass is 9.74. The molecule has 23 heavy (non-hydrogen) atoms. The van der Waals surface area contributed by atoms with Crippen molar-refractivity contribution < 1.29 is 9.84 Å². The minimum atomic E-state index is -0.551. The monoisotopic (exact) mass is 337 g/mol. The Bertz CT molecular complexity index is 635. The van der Waals surface area contributed by atoms with Crippen molar-refractivity contribution in [2.24, 2.45) is 5.73 Å². The van der Waals surface area contributed by atoms with Crippen LogP contribution in [0.25, 0.3) is 0 Å². The van der Waals surface area contributed by atoms with Crippen molar-refractivity contribution in [3.05, 3.63) is 40.2 Å². The van der Waals surface area contributed by atoms with Gasteiger partial charge in [-0.1, -0.05) is 17.7 Å². The second-order valence-corrected chi connectivity index (χ2v) is 6.89. The SMILES string of the molecule is CN/C=C(\N)[C@@H]1C[C@]2(C[C@H](C)N1)OCCc1ccc(Cl)c(O)c12. The third-order valence-electron chi connectivity index (χ3n) is 4.79. The molecule has 0 aromatic heterocycles. The lowest BCUT2D eigenvalue weighted by molar-refractivity contribution is -0.0961. The van der Waals surface area contributed by atoms with Crippen LogP contribution in [0.2, 0.25) is 5.02 Å². The number of nitrogens with two attached hydrogens (primary N) is 1. The summed E-state index contributed by atoms with van der Waals surface area (Å²) in [5.74, 6) is 0.146. The molecule has 1 saturated heterocycles. The number of phenols is 1. The van der Waals surface area contributed by atoms with E-state index in [4.69, 9.17) is 22.1 Å². The van der Waals surface area contributed by atoms with E-state index in [2.05, 4.69) is 17.6 Å². The van der Waals surface area contributed by atoms with Gasteiger partial charge in [0.25, 0.3) is 0 Å². The van der Waals surface area contributed by atoms with Crippen LogP contribution >= 0.6 is 11.6 Å². The Morgan fingerprint density at radius 2 is 2.30 bits per heavy atom. The van der Waals surface area contributed by atoms with Crippen molar-refractivity contribution in [2.45, 2.75) is 43.9 Å². The summed E-state index contributed by atoms with van der Waals surface area (Å²) in [7, 11) is 1.83. The quantitative estimate of drug-likeness (QED) is 0.663. The van der Waals surface area contributed by atoms with E-state index in [1.807, 2.05) is 13.1 Å². The summed E-state index contributed by atoms with van der Waals surface area (Å²) in [5, 5.41) is 17.4. The number of hydrogen-bond acceptors (Lipinski definition) is 5. The molecule has 5 N–H and O–H groups in total. The molecule has 3 atom stereocenters. The Kier molecular flexibility index (Phi) is 4.45. The zero-order chi connectivity index (χ0) is 16.6. The Balaban J connectivity index is 2.05. The maximum atomic E-state index is 10.6. The highest BCUT2D eigenvalue weighted by Crippen LogP contribution is 2.49. The average Bonchev–Trinajstić information content (AvgIpc) is 2.50. The summed E-state index contributed by atoms with van der Waals surface area (Å²) >= 11 is 6.17. The van der Waals surface area contributed by atoms with Gasteiger partial charge in [-0.25, -0.2) is 0 Å². The molecule has 2 heterocycles. The minimum absolute atomic E-state index is 0.0180. The molecule has 3 rings (SSSR count). The Morgan fingerprint density at radius 3 is 3.04 bits per heavy atom. The molecule has 6 heteroatoms. The van der Waals surface area contributed by atoms with Crippen LogP contribution in [0, 0.1) is 0 Å². The van der Waals surface area contributed by atoms with E-state index < -0.39 is 5.60 Å². The Morgan fingerprint density at radius 1 is 1.52 bits per heavy atom. The summed E-state index contributed by atoms with van der Waals surface area (Å²) in [6.07, 6.45) is 4.03. The first-order valence-corrected chi connectivity index (χ1v) is 8.38. The summed E-state index contributed by atoms with van der Waals surface area (Å²) < 4.78 is 6.24. The summed E-state index contributed by atoms with van der Waals surface area (Å²) in [4.78, 5) is 0. The van der Waals surface area contributed by atoms with E-state index in [9.17, 15) is 5.11 Å². The number of fused-ring (bicyclic) bond motifs is 2. The minimum Gasteiger partial charge on any atom is -0.506 e. The number of aromatic hydroxyl groups is 1. The predicted octanol–water partition coefficient (Wildman–Crippen LogP) is 1.97. The van der Waals surface area contributed by atoms with Crippen LogP contribution < -0.4 is 16.4 Å². The molecule has 1 spiro atoms. The zero-order valence-electron chi connectivity index (χ0n) is 13.5. The maximum Gasteiger partial charge on any atom is 0.140 e. The molecule has 2 aliphatic rings. The van der Waals surface area contributed by atoms with Crippen molar-refractivity contribution in [3.8, 4) is 5.75 Å². The van der Waals surface area contributed by atoms with Gasteiger partial charge < -0.3 is 26.2 Å². The van der Waals surface area contributed by atoms with E-state index >= 15 is 0 Å². The first-order chi connectivity index (χ1) is 11.0. The fraction of sp³-hybridized carbons (Fsp3) is 0.529. The molecule has 1 aromatic rings. The van der Waals surface area contributed by atoms with Crippen LogP contribution in [0.4, 0.5) is 0 Å². The Labute approximate surface area is 141 Å². The topological polar surface area (TPSA) is 79.5 Å². The molecule has 5 nitrogen and oxygen atoms in total. The van der Waals surface area contributed by atoms with E-state index in [0.29, 0.717) is 18.1 Å². The van der Waals surface area contributed by atoms with E-state index in [-0.39, 0.29) is 17.8 Å². The number of phenolic OH excluding ortho intramolecular Hbond substituents is 1. The molecular formula is C17H24ClN3O2. The Hall–Kier alpha value is -1.43. The van der Waals surface area contributed by atoms with Crippen molar-refractivity contribution in [3.63, 3.8) is 0 Å². The van der Waals surface area contributed by atoms with Gasteiger partial charge in [0.2, 0.25) is 0 Å². The summed E-state index contributed by atoms with van der Waals surface area (Å²) in [6.45, 7) is 2.75. The van der Waals surface area contributed by atoms with Gasteiger partial charge in [0, 0.05) is 37.0 Å². The number of benzene rings is 1. The number of ether oxygens (including phenoxy) is 1. The highest BCUT2D eigenvalue weighted by atomic mass is 35.5. The lowest BCUT2D eigenvalue weighted by Crippen LogP contribution is -2.55. The van der Waals surface area contributed by atoms with Crippen LogP contribution in [-0.2, 0) is 16.8 Å². The summed E-state index contributed by atoms with van der Waals surface area (Å²) in [6, 6.07) is 3.94.